The molecule has 0 aliphatic heterocycles. The van der Waals surface area contributed by atoms with Crippen molar-refractivity contribution in [2.24, 2.45) is 18.7 Å². The average molecular weight is 237 g/mol. The monoisotopic (exact) mass is 237 g/mol. The Morgan fingerprint density at radius 3 is 2.41 bits per heavy atom. The fourth-order valence-corrected chi connectivity index (χ4v) is 2.00. The highest BCUT2D eigenvalue weighted by atomic mass is 16.1. The minimum Gasteiger partial charge on any atom is -0.368 e. The molecule has 0 saturated carbocycles. The number of primary amides is 1. The Hall–Kier alpha value is -1.29. The van der Waals surface area contributed by atoms with Gasteiger partial charge in [0.15, 0.2) is 0 Å². The van der Waals surface area contributed by atoms with Gasteiger partial charge in [0.2, 0.25) is 5.91 Å². The van der Waals surface area contributed by atoms with Crippen LogP contribution in [0.15, 0.2) is 6.07 Å². The minimum absolute atomic E-state index is 0.206. The predicted molar refractivity (Wildman–Crippen MR) is 69.5 cm³/mol. The third-order valence-electron chi connectivity index (χ3n) is 3.37. The van der Waals surface area contributed by atoms with Crippen molar-refractivity contribution < 1.29 is 4.79 Å². The summed E-state index contributed by atoms with van der Waals surface area (Å²) in [5.41, 5.74) is 9.03. The summed E-state index contributed by atoms with van der Waals surface area (Å²) in [6.07, 6.45) is 0. The summed E-state index contributed by atoms with van der Waals surface area (Å²) in [7, 11) is 2.04. The Morgan fingerprint density at radius 2 is 2.06 bits per heavy atom. The number of amides is 1. The van der Waals surface area contributed by atoms with Crippen LogP contribution < -0.4 is 11.1 Å². The first kappa shape index (κ1) is 13.8. The van der Waals surface area contributed by atoms with Crippen LogP contribution in [0.25, 0.3) is 0 Å². The third kappa shape index (κ3) is 3.09. The number of hydrogen-bond acceptors (Lipinski definition) is 2. The van der Waals surface area contributed by atoms with Gasteiger partial charge in [-0.2, -0.15) is 0 Å². The lowest BCUT2D eigenvalue weighted by Crippen LogP contribution is -2.44. The van der Waals surface area contributed by atoms with Gasteiger partial charge in [-0.05, 0) is 31.4 Å². The number of hydrogen-bond donors (Lipinski definition) is 2. The Labute approximate surface area is 103 Å². The molecule has 0 spiro atoms. The standard InChI is InChI=1S/C13H23N3O/c1-8(2)12(13(14)17)15-7-11-6-9(3)16(5)10(11)4/h6,8,12,15H,7H2,1-5H3,(H2,14,17). The van der Waals surface area contributed by atoms with Crippen molar-refractivity contribution in [3.05, 3.63) is 23.0 Å². The van der Waals surface area contributed by atoms with Gasteiger partial charge in [-0.3, -0.25) is 4.79 Å². The zero-order chi connectivity index (χ0) is 13.2. The third-order valence-corrected chi connectivity index (χ3v) is 3.37. The maximum Gasteiger partial charge on any atom is 0.234 e. The van der Waals surface area contributed by atoms with Gasteiger partial charge in [0.25, 0.3) is 0 Å². The number of aromatic nitrogens is 1. The second kappa shape index (κ2) is 5.36. The van der Waals surface area contributed by atoms with E-state index in [1.807, 2.05) is 20.9 Å². The van der Waals surface area contributed by atoms with E-state index < -0.39 is 0 Å². The van der Waals surface area contributed by atoms with Crippen molar-refractivity contribution >= 4 is 5.91 Å². The number of aryl methyl sites for hydroxylation is 1. The normalized spacial score (nSPS) is 13.1. The summed E-state index contributed by atoms with van der Waals surface area (Å²) in [6, 6.07) is 1.87. The molecule has 1 amide bonds. The predicted octanol–water partition coefficient (Wildman–Crippen LogP) is 1.24. The summed E-state index contributed by atoms with van der Waals surface area (Å²) in [6.45, 7) is 8.82. The van der Waals surface area contributed by atoms with E-state index in [4.69, 9.17) is 5.73 Å². The first-order valence-electron chi connectivity index (χ1n) is 5.99. The highest BCUT2D eigenvalue weighted by Crippen LogP contribution is 2.13. The van der Waals surface area contributed by atoms with Crippen molar-refractivity contribution in [1.82, 2.24) is 9.88 Å². The fraction of sp³-hybridized carbons (Fsp3) is 0.615. The summed E-state index contributed by atoms with van der Waals surface area (Å²) in [5, 5.41) is 3.23. The summed E-state index contributed by atoms with van der Waals surface area (Å²) in [5.74, 6) is -0.0806. The molecule has 0 saturated heterocycles. The summed E-state index contributed by atoms with van der Waals surface area (Å²) >= 11 is 0. The molecule has 17 heavy (non-hydrogen) atoms. The highest BCUT2D eigenvalue weighted by molar-refractivity contribution is 5.80. The van der Waals surface area contributed by atoms with E-state index in [1.54, 1.807) is 0 Å². The maximum absolute atomic E-state index is 11.3. The second-order valence-electron chi connectivity index (χ2n) is 4.96. The van der Waals surface area contributed by atoms with Crippen LogP contribution in [-0.2, 0) is 18.4 Å². The maximum atomic E-state index is 11.3. The van der Waals surface area contributed by atoms with Gasteiger partial charge >= 0.3 is 0 Å². The lowest BCUT2D eigenvalue weighted by Gasteiger charge is -2.18. The van der Waals surface area contributed by atoms with Crippen molar-refractivity contribution in [3.63, 3.8) is 0 Å². The van der Waals surface area contributed by atoms with Crippen LogP contribution in [0.5, 0.6) is 0 Å². The number of carbonyl (C=O) groups is 1. The molecule has 0 aliphatic carbocycles. The van der Waals surface area contributed by atoms with Crippen molar-refractivity contribution in [1.29, 1.82) is 0 Å². The molecule has 1 aromatic heterocycles. The molecule has 96 valence electrons. The van der Waals surface area contributed by atoms with Gasteiger partial charge in [0.05, 0.1) is 6.04 Å². The van der Waals surface area contributed by atoms with E-state index >= 15 is 0 Å². The topological polar surface area (TPSA) is 60.0 Å². The molecule has 1 aromatic rings. The molecule has 1 rings (SSSR count). The van der Waals surface area contributed by atoms with Gasteiger partial charge < -0.3 is 15.6 Å². The number of nitrogens with zero attached hydrogens (tertiary/aromatic N) is 1. The van der Waals surface area contributed by atoms with Crippen molar-refractivity contribution in [2.45, 2.75) is 40.3 Å². The van der Waals surface area contributed by atoms with E-state index in [1.165, 1.54) is 17.0 Å². The molecular formula is C13H23N3O. The van der Waals surface area contributed by atoms with Gasteiger partial charge in [0, 0.05) is 25.0 Å². The van der Waals surface area contributed by atoms with Crippen LogP contribution in [0, 0.1) is 19.8 Å². The van der Waals surface area contributed by atoms with E-state index in [0.717, 1.165) is 0 Å². The van der Waals surface area contributed by atoms with E-state index in [-0.39, 0.29) is 17.9 Å². The first-order chi connectivity index (χ1) is 7.84. The number of nitrogens with two attached hydrogens (primary N) is 1. The smallest absolute Gasteiger partial charge is 0.234 e. The Balaban J connectivity index is 2.72. The van der Waals surface area contributed by atoms with Gasteiger partial charge in [0.1, 0.15) is 0 Å². The second-order valence-corrected chi connectivity index (χ2v) is 4.96. The molecule has 4 nitrogen and oxygen atoms in total. The number of nitrogens with one attached hydrogen (secondary N) is 1. The molecule has 0 radical (unpaired) electrons. The number of carbonyl (C=O) groups excluding carboxylic acids is 1. The lowest BCUT2D eigenvalue weighted by molar-refractivity contribution is -0.121. The Kier molecular flexibility index (Phi) is 4.34. The van der Waals surface area contributed by atoms with Crippen LogP contribution in [-0.4, -0.2) is 16.5 Å². The molecule has 0 fully saturated rings. The van der Waals surface area contributed by atoms with E-state index in [0.29, 0.717) is 6.54 Å². The van der Waals surface area contributed by atoms with Crippen LogP contribution in [0.1, 0.15) is 30.8 Å². The highest BCUT2D eigenvalue weighted by Gasteiger charge is 2.19. The van der Waals surface area contributed by atoms with E-state index in [9.17, 15) is 4.79 Å². The first-order valence-corrected chi connectivity index (χ1v) is 5.99. The quantitative estimate of drug-likeness (QED) is 0.809. The molecule has 1 heterocycles. The summed E-state index contributed by atoms with van der Waals surface area (Å²) < 4.78 is 2.14. The SMILES string of the molecule is Cc1cc(CNC(C(N)=O)C(C)C)c(C)n1C. The molecule has 1 atom stereocenters. The van der Waals surface area contributed by atoms with Crippen LogP contribution in [0.2, 0.25) is 0 Å². The van der Waals surface area contributed by atoms with Gasteiger partial charge in [-0.15, -0.1) is 0 Å². The van der Waals surface area contributed by atoms with Gasteiger partial charge in [-0.1, -0.05) is 13.8 Å². The average Bonchev–Trinajstić information content (AvgIpc) is 2.45. The number of rotatable bonds is 5. The Bertz CT molecular complexity index is 407. The van der Waals surface area contributed by atoms with Crippen LogP contribution in [0.4, 0.5) is 0 Å². The zero-order valence-electron chi connectivity index (χ0n) is 11.4. The van der Waals surface area contributed by atoms with Gasteiger partial charge in [-0.25, -0.2) is 0 Å². The van der Waals surface area contributed by atoms with Crippen LogP contribution >= 0.6 is 0 Å². The molecule has 0 aliphatic rings. The molecule has 0 bridgehead atoms. The summed E-state index contributed by atoms with van der Waals surface area (Å²) in [4.78, 5) is 11.3. The largest absolute Gasteiger partial charge is 0.368 e. The molecule has 3 N–H and O–H groups in total. The molecule has 4 heteroatoms. The van der Waals surface area contributed by atoms with Crippen LogP contribution in [0.3, 0.4) is 0 Å². The van der Waals surface area contributed by atoms with Crippen molar-refractivity contribution in [3.8, 4) is 0 Å². The molecule has 0 aromatic carbocycles. The zero-order valence-corrected chi connectivity index (χ0v) is 11.4. The molecular weight excluding hydrogens is 214 g/mol. The van der Waals surface area contributed by atoms with Crippen molar-refractivity contribution in [2.75, 3.05) is 0 Å². The fourth-order valence-electron chi connectivity index (χ4n) is 2.00. The lowest BCUT2D eigenvalue weighted by atomic mass is 10.0. The molecule has 1 unspecified atom stereocenters. The minimum atomic E-state index is -0.287. The Morgan fingerprint density at radius 1 is 1.47 bits per heavy atom. The van der Waals surface area contributed by atoms with E-state index in [2.05, 4.69) is 29.8 Å².